The molecule has 0 bridgehead atoms. The highest BCUT2D eigenvalue weighted by molar-refractivity contribution is 5.85. The van der Waals surface area contributed by atoms with Crippen LogP contribution < -0.4 is 5.73 Å². The summed E-state index contributed by atoms with van der Waals surface area (Å²) in [4.78, 5) is 2.15. The van der Waals surface area contributed by atoms with Crippen LogP contribution in [0.25, 0.3) is 0 Å². The average Bonchev–Trinajstić information content (AvgIpc) is 2.08. The van der Waals surface area contributed by atoms with Crippen LogP contribution in [0.5, 0.6) is 0 Å². The van der Waals surface area contributed by atoms with Crippen LogP contribution in [0.3, 0.4) is 0 Å². The normalized spacial score (nSPS) is 11.5. The molecule has 2 N–H and O–H groups in total. The molecule has 2 nitrogen and oxygen atoms in total. The molecular formula is C13H22ClFN2. The largest absolute Gasteiger partial charge is 0.324 e. The molecule has 1 aromatic rings. The van der Waals surface area contributed by atoms with E-state index in [1.807, 2.05) is 33.0 Å². The summed E-state index contributed by atoms with van der Waals surface area (Å²) in [6.07, 6.45) is 0. The summed E-state index contributed by atoms with van der Waals surface area (Å²) in [7, 11) is 2.02. The molecule has 0 saturated heterocycles. The van der Waals surface area contributed by atoms with Crippen molar-refractivity contribution in [1.82, 2.24) is 4.90 Å². The van der Waals surface area contributed by atoms with E-state index in [2.05, 4.69) is 4.90 Å². The summed E-state index contributed by atoms with van der Waals surface area (Å²) in [6.45, 7) is 7.38. The number of benzene rings is 1. The first kappa shape index (κ1) is 16.4. The lowest BCUT2D eigenvalue weighted by atomic mass is 10.1. The predicted molar refractivity (Wildman–Crippen MR) is 73.0 cm³/mol. The van der Waals surface area contributed by atoms with Crippen molar-refractivity contribution in [3.05, 3.63) is 35.1 Å². The summed E-state index contributed by atoms with van der Waals surface area (Å²) in [5.41, 5.74) is 7.55. The average molecular weight is 261 g/mol. The van der Waals surface area contributed by atoms with Crippen LogP contribution in [0, 0.1) is 12.7 Å². The standard InChI is InChI=1S/C13H21FN2.ClH/c1-10-7-11(5-6-12(10)14)8-16(4)9-13(2,3)15;/h5-7H,8-9,15H2,1-4H3;1H. The summed E-state index contributed by atoms with van der Waals surface area (Å²) < 4.78 is 13.1. The molecule has 0 atom stereocenters. The van der Waals surface area contributed by atoms with Gasteiger partial charge in [-0.1, -0.05) is 12.1 Å². The van der Waals surface area contributed by atoms with Crippen molar-refractivity contribution in [3.8, 4) is 0 Å². The number of halogens is 2. The minimum absolute atomic E-state index is 0. The summed E-state index contributed by atoms with van der Waals surface area (Å²) in [6, 6.07) is 5.23. The Kier molecular flexibility index (Phi) is 6.10. The lowest BCUT2D eigenvalue weighted by Gasteiger charge is -2.26. The van der Waals surface area contributed by atoms with Gasteiger partial charge < -0.3 is 10.6 Å². The molecule has 1 aromatic carbocycles. The van der Waals surface area contributed by atoms with Crippen LogP contribution in [-0.4, -0.2) is 24.0 Å². The van der Waals surface area contributed by atoms with E-state index >= 15 is 0 Å². The van der Waals surface area contributed by atoms with Crippen molar-refractivity contribution < 1.29 is 4.39 Å². The van der Waals surface area contributed by atoms with Gasteiger partial charge in [-0.3, -0.25) is 0 Å². The molecule has 17 heavy (non-hydrogen) atoms. The third-order valence-electron chi connectivity index (χ3n) is 2.35. The minimum Gasteiger partial charge on any atom is -0.324 e. The van der Waals surface area contributed by atoms with Crippen LogP contribution in [0.4, 0.5) is 4.39 Å². The second-order valence-electron chi connectivity index (χ2n) is 5.24. The van der Waals surface area contributed by atoms with E-state index in [0.717, 1.165) is 18.7 Å². The first-order valence-electron chi connectivity index (χ1n) is 5.50. The van der Waals surface area contributed by atoms with Crippen molar-refractivity contribution in [1.29, 1.82) is 0 Å². The Morgan fingerprint density at radius 1 is 1.35 bits per heavy atom. The summed E-state index contributed by atoms with van der Waals surface area (Å²) in [5, 5.41) is 0. The van der Waals surface area contributed by atoms with E-state index in [0.29, 0.717) is 5.56 Å². The molecule has 98 valence electrons. The molecule has 0 fully saturated rings. The quantitative estimate of drug-likeness (QED) is 0.902. The van der Waals surface area contributed by atoms with Crippen LogP contribution in [0.2, 0.25) is 0 Å². The van der Waals surface area contributed by atoms with Crippen LogP contribution >= 0.6 is 12.4 Å². The number of rotatable bonds is 4. The van der Waals surface area contributed by atoms with Crippen molar-refractivity contribution in [2.45, 2.75) is 32.9 Å². The van der Waals surface area contributed by atoms with Crippen molar-refractivity contribution in [3.63, 3.8) is 0 Å². The topological polar surface area (TPSA) is 29.3 Å². The van der Waals surface area contributed by atoms with Gasteiger partial charge in [0.05, 0.1) is 0 Å². The van der Waals surface area contributed by atoms with Gasteiger partial charge in [-0.05, 0) is 45.0 Å². The molecule has 0 aliphatic rings. The molecule has 0 radical (unpaired) electrons. The highest BCUT2D eigenvalue weighted by Crippen LogP contribution is 2.11. The number of nitrogens with zero attached hydrogens (tertiary/aromatic N) is 1. The molecule has 0 aliphatic carbocycles. The summed E-state index contributed by atoms with van der Waals surface area (Å²) >= 11 is 0. The maximum atomic E-state index is 13.1. The first-order valence-corrected chi connectivity index (χ1v) is 5.50. The molecule has 0 amide bonds. The minimum atomic E-state index is -0.205. The SMILES string of the molecule is Cc1cc(CN(C)CC(C)(C)N)ccc1F.Cl. The fourth-order valence-electron chi connectivity index (χ4n) is 1.87. The zero-order valence-electron chi connectivity index (χ0n) is 11.0. The fourth-order valence-corrected chi connectivity index (χ4v) is 1.87. The van der Waals surface area contributed by atoms with Crippen LogP contribution in [0.15, 0.2) is 18.2 Å². The van der Waals surface area contributed by atoms with Gasteiger partial charge in [-0.25, -0.2) is 4.39 Å². The first-order chi connectivity index (χ1) is 7.28. The highest BCUT2D eigenvalue weighted by atomic mass is 35.5. The third kappa shape index (κ3) is 6.01. The summed E-state index contributed by atoms with van der Waals surface area (Å²) in [5.74, 6) is -0.148. The Hall–Kier alpha value is -0.640. The molecule has 0 aliphatic heterocycles. The smallest absolute Gasteiger partial charge is 0.126 e. The van der Waals surface area contributed by atoms with Crippen molar-refractivity contribution in [2.24, 2.45) is 5.73 Å². The number of aryl methyl sites for hydroxylation is 1. The fraction of sp³-hybridized carbons (Fsp3) is 0.538. The van der Waals surface area contributed by atoms with Crippen molar-refractivity contribution >= 4 is 12.4 Å². The second-order valence-corrected chi connectivity index (χ2v) is 5.24. The van der Waals surface area contributed by atoms with Crippen molar-refractivity contribution in [2.75, 3.05) is 13.6 Å². The van der Waals surface area contributed by atoms with E-state index in [-0.39, 0.29) is 23.8 Å². The molecular weight excluding hydrogens is 239 g/mol. The molecule has 0 aromatic heterocycles. The van der Waals surface area contributed by atoms with Gasteiger partial charge >= 0.3 is 0 Å². The molecule has 4 heteroatoms. The van der Waals surface area contributed by atoms with Gasteiger partial charge in [0.2, 0.25) is 0 Å². The Morgan fingerprint density at radius 3 is 2.41 bits per heavy atom. The number of likely N-dealkylation sites (N-methyl/N-ethyl adjacent to an activating group) is 1. The molecule has 0 spiro atoms. The Labute approximate surface area is 109 Å². The van der Waals surface area contributed by atoms with E-state index in [4.69, 9.17) is 5.73 Å². The lowest BCUT2D eigenvalue weighted by molar-refractivity contribution is 0.263. The zero-order valence-corrected chi connectivity index (χ0v) is 11.8. The van der Waals surface area contributed by atoms with E-state index in [9.17, 15) is 4.39 Å². The van der Waals surface area contributed by atoms with Gasteiger partial charge in [0.1, 0.15) is 5.82 Å². The molecule has 0 heterocycles. The Morgan fingerprint density at radius 2 is 1.94 bits per heavy atom. The van der Waals surface area contributed by atoms with E-state index < -0.39 is 0 Å². The number of nitrogens with two attached hydrogens (primary N) is 1. The van der Waals surface area contributed by atoms with Crippen LogP contribution in [-0.2, 0) is 6.54 Å². The lowest BCUT2D eigenvalue weighted by Crippen LogP contribution is -2.43. The van der Waals surface area contributed by atoms with Gasteiger partial charge in [-0.15, -0.1) is 12.4 Å². The van der Waals surface area contributed by atoms with Gasteiger partial charge in [-0.2, -0.15) is 0 Å². The monoisotopic (exact) mass is 260 g/mol. The Bertz CT molecular complexity index is 361. The van der Waals surface area contributed by atoms with Gasteiger partial charge in [0, 0.05) is 18.6 Å². The molecule has 0 saturated carbocycles. The molecule has 1 rings (SSSR count). The zero-order chi connectivity index (χ0) is 12.3. The maximum Gasteiger partial charge on any atom is 0.126 e. The molecule has 0 unspecified atom stereocenters. The second kappa shape index (κ2) is 6.34. The number of hydrogen-bond acceptors (Lipinski definition) is 2. The predicted octanol–water partition coefficient (Wildman–Crippen LogP) is 2.73. The van der Waals surface area contributed by atoms with Gasteiger partial charge in [0.25, 0.3) is 0 Å². The van der Waals surface area contributed by atoms with E-state index in [1.54, 1.807) is 6.92 Å². The Balaban J connectivity index is 0.00000256. The van der Waals surface area contributed by atoms with Crippen LogP contribution in [0.1, 0.15) is 25.0 Å². The third-order valence-corrected chi connectivity index (χ3v) is 2.35. The van der Waals surface area contributed by atoms with Gasteiger partial charge in [0.15, 0.2) is 0 Å². The maximum absolute atomic E-state index is 13.1. The van der Waals surface area contributed by atoms with E-state index in [1.165, 1.54) is 6.07 Å². The highest BCUT2D eigenvalue weighted by Gasteiger charge is 2.14. The number of hydrogen-bond donors (Lipinski definition) is 1.